The Morgan fingerprint density at radius 1 is 1.00 bits per heavy atom. The standard InChI is InChI=1S/C41H69NO7/c1-9-25-18-29(36(38(6,7)44)47-24(2)3)48-35-27(20-43)34-28-10-11-30-37(4,5)31(49-32-19-42(16-17-46-32)26-21-45-22-26)12-13-41(30)23-40(28,41)15-14-39(34,8)33(25)35/h24-36,43-44H,9-23H2,1-8H3. The van der Waals surface area contributed by atoms with Gasteiger partial charge in [-0.15, -0.1) is 0 Å². The second-order valence-corrected chi connectivity index (χ2v) is 19.9. The van der Waals surface area contributed by atoms with Crippen molar-refractivity contribution in [3.8, 4) is 0 Å². The minimum absolute atomic E-state index is 0.00768. The Bertz CT molecular complexity index is 1220. The van der Waals surface area contributed by atoms with Gasteiger partial charge < -0.3 is 33.9 Å². The molecule has 0 aromatic heterocycles. The number of ether oxygens (including phenoxy) is 5. The molecule has 8 fully saturated rings. The number of nitrogens with zero attached hydrogens (tertiary/aromatic N) is 1. The summed E-state index contributed by atoms with van der Waals surface area (Å²) in [6.45, 7) is 22.3. The number of morpholine rings is 1. The van der Waals surface area contributed by atoms with Gasteiger partial charge in [0, 0.05) is 19.1 Å². The van der Waals surface area contributed by atoms with Crippen molar-refractivity contribution in [2.75, 3.05) is 39.5 Å². The molecule has 5 aliphatic carbocycles. The third-order valence-electron chi connectivity index (χ3n) is 16.6. The molecule has 3 saturated heterocycles. The Morgan fingerprint density at radius 2 is 1.78 bits per heavy atom. The summed E-state index contributed by atoms with van der Waals surface area (Å²) in [5.41, 5.74) is 0.0664. The fraction of sp³-hybridized carbons (Fsp3) is 1.00. The van der Waals surface area contributed by atoms with Crippen molar-refractivity contribution < 1.29 is 33.9 Å². The Kier molecular flexibility index (Phi) is 9.00. The van der Waals surface area contributed by atoms with Crippen LogP contribution in [0.25, 0.3) is 0 Å². The first-order valence-corrected chi connectivity index (χ1v) is 20.4. The zero-order valence-corrected chi connectivity index (χ0v) is 32.0. The van der Waals surface area contributed by atoms with Crippen LogP contribution in [-0.2, 0) is 23.7 Å². The highest BCUT2D eigenvalue weighted by Gasteiger charge is 2.82. The molecular formula is C41H69NO7. The second kappa shape index (κ2) is 12.4. The van der Waals surface area contributed by atoms with Gasteiger partial charge in [0.1, 0.15) is 6.10 Å². The summed E-state index contributed by atoms with van der Waals surface area (Å²) in [7, 11) is 0. The fourth-order valence-corrected chi connectivity index (χ4v) is 14.6. The lowest BCUT2D eigenvalue weighted by atomic mass is 9.45. The molecule has 2 N–H and O–H groups in total. The first-order chi connectivity index (χ1) is 23.2. The summed E-state index contributed by atoms with van der Waals surface area (Å²) in [4.78, 5) is 2.52. The van der Waals surface area contributed by atoms with Crippen molar-refractivity contribution in [2.45, 2.75) is 162 Å². The smallest absolute Gasteiger partial charge is 0.170 e. The van der Waals surface area contributed by atoms with E-state index >= 15 is 0 Å². The SMILES string of the molecule is CCC1CC(C(OC(C)C)C(C)(C)O)OC2C(CO)C3C4CCC5C(C)(C)C(OC6CN(C7COC7)CCO6)CCC56CC46CCC3(C)C12. The Morgan fingerprint density at radius 3 is 2.43 bits per heavy atom. The van der Waals surface area contributed by atoms with Crippen LogP contribution in [0.2, 0.25) is 0 Å². The lowest BCUT2D eigenvalue weighted by Gasteiger charge is -2.60. The molecule has 3 aliphatic heterocycles. The molecule has 0 aromatic carbocycles. The van der Waals surface area contributed by atoms with Gasteiger partial charge in [0.05, 0.1) is 62.4 Å². The van der Waals surface area contributed by atoms with Crippen LogP contribution in [0.3, 0.4) is 0 Å². The van der Waals surface area contributed by atoms with E-state index in [1.54, 1.807) is 0 Å². The number of hydrogen-bond acceptors (Lipinski definition) is 8. The summed E-state index contributed by atoms with van der Waals surface area (Å²) in [6.07, 6.45) is 10.5. The second-order valence-electron chi connectivity index (χ2n) is 19.9. The first kappa shape index (κ1) is 35.7. The molecule has 3 heterocycles. The monoisotopic (exact) mass is 688 g/mol. The Hall–Kier alpha value is -0.320. The Labute approximate surface area is 296 Å². The molecule has 14 atom stereocenters. The molecule has 8 nitrogen and oxygen atoms in total. The van der Waals surface area contributed by atoms with Crippen molar-refractivity contribution in [3.63, 3.8) is 0 Å². The van der Waals surface area contributed by atoms with Gasteiger partial charge >= 0.3 is 0 Å². The minimum atomic E-state index is -1.00. The molecule has 14 unspecified atom stereocenters. The van der Waals surface area contributed by atoms with E-state index in [0.717, 1.165) is 52.2 Å². The van der Waals surface area contributed by atoms with Crippen molar-refractivity contribution in [3.05, 3.63) is 0 Å². The van der Waals surface area contributed by atoms with Gasteiger partial charge in [-0.1, -0.05) is 34.1 Å². The van der Waals surface area contributed by atoms with Crippen LogP contribution in [-0.4, -0.2) is 103 Å². The van der Waals surface area contributed by atoms with Crippen LogP contribution in [0.15, 0.2) is 0 Å². The van der Waals surface area contributed by atoms with Crippen molar-refractivity contribution in [2.24, 2.45) is 57.2 Å². The summed E-state index contributed by atoms with van der Waals surface area (Å²) >= 11 is 0. The highest BCUT2D eigenvalue weighted by Crippen LogP contribution is 2.87. The largest absolute Gasteiger partial charge is 0.396 e. The minimum Gasteiger partial charge on any atom is -0.396 e. The fourth-order valence-electron chi connectivity index (χ4n) is 14.6. The van der Waals surface area contributed by atoms with Gasteiger partial charge in [-0.2, -0.15) is 0 Å². The lowest BCUT2D eigenvalue weighted by molar-refractivity contribution is -0.254. The van der Waals surface area contributed by atoms with Crippen LogP contribution in [0, 0.1) is 57.2 Å². The summed E-state index contributed by atoms with van der Waals surface area (Å²) in [5.74, 6) is 2.90. The predicted octanol–water partition coefficient (Wildman–Crippen LogP) is 6.05. The average molecular weight is 688 g/mol. The van der Waals surface area contributed by atoms with Gasteiger partial charge in [-0.05, 0) is 130 Å². The maximum atomic E-state index is 11.3. The van der Waals surface area contributed by atoms with Crippen LogP contribution in [0.5, 0.6) is 0 Å². The lowest BCUT2D eigenvalue weighted by Crippen LogP contribution is -2.58. The molecule has 2 spiro atoms. The van der Waals surface area contributed by atoms with Crippen LogP contribution in [0.1, 0.15) is 113 Å². The van der Waals surface area contributed by atoms with E-state index in [-0.39, 0.29) is 60.2 Å². The van der Waals surface area contributed by atoms with Crippen LogP contribution < -0.4 is 0 Å². The molecule has 49 heavy (non-hydrogen) atoms. The zero-order valence-electron chi connectivity index (χ0n) is 32.0. The van der Waals surface area contributed by atoms with Crippen LogP contribution in [0.4, 0.5) is 0 Å². The van der Waals surface area contributed by atoms with E-state index in [0.29, 0.717) is 46.5 Å². The summed E-state index contributed by atoms with van der Waals surface area (Å²) in [6, 6.07) is 0.526. The number of fused-ring (bicyclic) bond motifs is 4. The quantitative estimate of drug-likeness (QED) is 0.303. The molecule has 5 saturated carbocycles. The predicted molar refractivity (Wildman–Crippen MR) is 188 cm³/mol. The average Bonchev–Trinajstić information content (AvgIpc) is 3.61. The van der Waals surface area contributed by atoms with Gasteiger partial charge in [-0.3, -0.25) is 4.90 Å². The van der Waals surface area contributed by atoms with Crippen molar-refractivity contribution >= 4 is 0 Å². The molecule has 0 aromatic rings. The molecule has 0 amide bonds. The first-order valence-electron chi connectivity index (χ1n) is 20.4. The van der Waals surface area contributed by atoms with E-state index in [9.17, 15) is 10.2 Å². The molecule has 8 aliphatic rings. The van der Waals surface area contributed by atoms with Gasteiger partial charge in [-0.25, -0.2) is 0 Å². The maximum Gasteiger partial charge on any atom is 0.170 e. The van der Waals surface area contributed by atoms with E-state index < -0.39 is 5.60 Å². The number of hydrogen-bond donors (Lipinski definition) is 2. The highest BCUT2D eigenvalue weighted by atomic mass is 16.7. The third-order valence-corrected chi connectivity index (χ3v) is 16.6. The number of aliphatic hydroxyl groups is 2. The molecule has 0 bridgehead atoms. The van der Waals surface area contributed by atoms with Crippen molar-refractivity contribution in [1.82, 2.24) is 4.90 Å². The molecule has 0 radical (unpaired) electrons. The molecule has 8 rings (SSSR count). The third kappa shape index (κ3) is 5.33. The van der Waals surface area contributed by atoms with E-state index in [1.165, 1.54) is 38.5 Å². The maximum absolute atomic E-state index is 11.3. The van der Waals surface area contributed by atoms with E-state index in [1.807, 2.05) is 13.8 Å². The van der Waals surface area contributed by atoms with E-state index in [2.05, 4.69) is 46.4 Å². The van der Waals surface area contributed by atoms with Crippen molar-refractivity contribution in [1.29, 1.82) is 0 Å². The summed E-state index contributed by atoms with van der Waals surface area (Å²) in [5, 5.41) is 22.6. The van der Waals surface area contributed by atoms with E-state index in [4.69, 9.17) is 23.7 Å². The molecule has 8 heteroatoms. The van der Waals surface area contributed by atoms with Crippen LogP contribution >= 0.6 is 0 Å². The van der Waals surface area contributed by atoms with Gasteiger partial charge in [0.15, 0.2) is 6.29 Å². The summed E-state index contributed by atoms with van der Waals surface area (Å²) < 4.78 is 32.3. The normalized spacial score (nSPS) is 50.0. The topological polar surface area (TPSA) is 89.9 Å². The number of rotatable bonds is 9. The van der Waals surface area contributed by atoms with Gasteiger partial charge in [0.25, 0.3) is 0 Å². The zero-order chi connectivity index (χ0) is 34.7. The number of aliphatic hydroxyl groups excluding tert-OH is 1. The molecule has 280 valence electrons. The van der Waals surface area contributed by atoms with Gasteiger partial charge in [0.2, 0.25) is 0 Å². The highest BCUT2D eigenvalue weighted by molar-refractivity contribution is 5.30. The Balaban J connectivity index is 1.03. The molecular weight excluding hydrogens is 618 g/mol.